The van der Waals surface area contributed by atoms with E-state index in [4.69, 9.17) is 4.42 Å². The first kappa shape index (κ1) is 11.9. The highest BCUT2D eigenvalue weighted by atomic mass is 16.4. The van der Waals surface area contributed by atoms with E-state index in [2.05, 4.69) is 17.2 Å². The molecule has 0 radical (unpaired) electrons. The van der Waals surface area contributed by atoms with Gasteiger partial charge in [0.15, 0.2) is 6.10 Å². The largest absolute Gasteiger partial charge is 0.463 e. The first-order chi connectivity index (χ1) is 8.26. The molecule has 0 aliphatic carbocycles. The molecule has 0 bridgehead atoms. The van der Waals surface area contributed by atoms with E-state index in [0.29, 0.717) is 11.5 Å². The molecule has 2 aromatic rings. The second-order valence-corrected chi connectivity index (χ2v) is 3.94. The van der Waals surface area contributed by atoms with Gasteiger partial charge in [-0.3, -0.25) is 0 Å². The SMILES string of the molecule is CCCn1nncc1C(O)c1ccc(CC)o1. The molecule has 1 unspecified atom stereocenters. The molecule has 2 rings (SSSR count). The van der Waals surface area contributed by atoms with Crippen LogP contribution in [0, 0.1) is 0 Å². The van der Waals surface area contributed by atoms with Crippen molar-refractivity contribution >= 4 is 0 Å². The number of aliphatic hydroxyl groups excluding tert-OH is 1. The summed E-state index contributed by atoms with van der Waals surface area (Å²) in [4.78, 5) is 0. The molecule has 0 spiro atoms. The first-order valence-electron chi connectivity index (χ1n) is 5.91. The van der Waals surface area contributed by atoms with E-state index in [-0.39, 0.29) is 0 Å². The topological polar surface area (TPSA) is 64.1 Å². The van der Waals surface area contributed by atoms with Gasteiger partial charge < -0.3 is 9.52 Å². The molecular weight excluding hydrogens is 218 g/mol. The van der Waals surface area contributed by atoms with Gasteiger partial charge in [-0.1, -0.05) is 19.1 Å². The number of hydrogen-bond donors (Lipinski definition) is 1. The molecule has 2 heterocycles. The van der Waals surface area contributed by atoms with Crippen molar-refractivity contribution in [3.8, 4) is 0 Å². The van der Waals surface area contributed by atoms with Gasteiger partial charge in [-0.05, 0) is 18.6 Å². The molecule has 0 amide bonds. The second kappa shape index (κ2) is 5.14. The number of aliphatic hydroxyl groups is 1. The van der Waals surface area contributed by atoms with Gasteiger partial charge in [-0.15, -0.1) is 5.10 Å². The lowest BCUT2D eigenvalue weighted by atomic mass is 10.2. The van der Waals surface area contributed by atoms with Gasteiger partial charge in [0, 0.05) is 13.0 Å². The lowest BCUT2D eigenvalue weighted by Crippen LogP contribution is -2.09. The summed E-state index contributed by atoms with van der Waals surface area (Å²) in [6.07, 6.45) is 2.55. The third-order valence-corrected chi connectivity index (χ3v) is 2.66. The van der Waals surface area contributed by atoms with Crippen molar-refractivity contribution in [2.45, 2.75) is 39.3 Å². The fourth-order valence-electron chi connectivity index (χ4n) is 1.74. The van der Waals surface area contributed by atoms with Gasteiger partial charge in [-0.2, -0.15) is 0 Å². The van der Waals surface area contributed by atoms with Crippen LogP contribution in [0.4, 0.5) is 0 Å². The predicted molar refractivity (Wildman–Crippen MR) is 62.5 cm³/mol. The Hall–Kier alpha value is -1.62. The Morgan fingerprint density at radius 1 is 1.41 bits per heavy atom. The minimum Gasteiger partial charge on any atom is -0.463 e. The van der Waals surface area contributed by atoms with Crippen molar-refractivity contribution in [3.63, 3.8) is 0 Å². The second-order valence-electron chi connectivity index (χ2n) is 3.94. The van der Waals surface area contributed by atoms with Crippen LogP contribution in [0.25, 0.3) is 0 Å². The fraction of sp³-hybridized carbons (Fsp3) is 0.500. The lowest BCUT2D eigenvalue weighted by molar-refractivity contribution is 0.176. The standard InChI is InChI=1S/C12H17N3O2/c1-3-7-15-10(8-13-14-15)12(16)11-6-5-9(4-2)17-11/h5-6,8,12,16H,3-4,7H2,1-2H3. The van der Waals surface area contributed by atoms with E-state index >= 15 is 0 Å². The highest BCUT2D eigenvalue weighted by Crippen LogP contribution is 2.23. The summed E-state index contributed by atoms with van der Waals surface area (Å²) in [6.45, 7) is 4.81. The van der Waals surface area contributed by atoms with E-state index in [0.717, 1.165) is 25.1 Å². The molecule has 5 heteroatoms. The minimum absolute atomic E-state index is 0.543. The number of hydrogen-bond acceptors (Lipinski definition) is 4. The molecule has 0 fully saturated rings. The van der Waals surface area contributed by atoms with E-state index in [1.165, 1.54) is 0 Å². The Bertz CT molecular complexity index is 476. The molecule has 1 atom stereocenters. The van der Waals surface area contributed by atoms with Crippen molar-refractivity contribution in [2.24, 2.45) is 0 Å². The van der Waals surface area contributed by atoms with Crippen molar-refractivity contribution in [1.82, 2.24) is 15.0 Å². The molecule has 1 N–H and O–H groups in total. The summed E-state index contributed by atoms with van der Waals surface area (Å²) in [5.41, 5.74) is 0.670. The third-order valence-electron chi connectivity index (χ3n) is 2.66. The number of aryl methyl sites for hydroxylation is 2. The maximum Gasteiger partial charge on any atom is 0.155 e. The van der Waals surface area contributed by atoms with E-state index in [9.17, 15) is 5.11 Å². The molecule has 92 valence electrons. The molecule has 2 aromatic heterocycles. The van der Waals surface area contributed by atoms with Crippen molar-refractivity contribution < 1.29 is 9.52 Å². The van der Waals surface area contributed by atoms with Crippen molar-refractivity contribution in [2.75, 3.05) is 0 Å². The summed E-state index contributed by atoms with van der Waals surface area (Å²) >= 11 is 0. The van der Waals surface area contributed by atoms with Gasteiger partial charge in [0.05, 0.1) is 11.9 Å². The zero-order valence-corrected chi connectivity index (χ0v) is 10.1. The Balaban J connectivity index is 2.23. The monoisotopic (exact) mass is 235 g/mol. The Morgan fingerprint density at radius 3 is 2.88 bits per heavy atom. The van der Waals surface area contributed by atoms with Crippen LogP contribution in [-0.2, 0) is 13.0 Å². The quantitative estimate of drug-likeness (QED) is 0.860. The Morgan fingerprint density at radius 2 is 2.24 bits per heavy atom. The van der Waals surface area contributed by atoms with Crippen molar-refractivity contribution in [3.05, 3.63) is 35.5 Å². The van der Waals surface area contributed by atoms with Crippen LogP contribution in [0.3, 0.4) is 0 Å². The van der Waals surface area contributed by atoms with Gasteiger partial charge in [-0.25, -0.2) is 4.68 Å². The first-order valence-corrected chi connectivity index (χ1v) is 5.91. The Kier molecular flexibility index (Phi) is 3.58. The molecule has 0 saturated carbocycles. The average molecular weight is 235 g/mol. The predicted octanol–water partition coefficient (Wildman–Crippen LogP) is 1.93. The number of rotatable bonds is 5. The molecular formula is C12H17N3O2. The van der Waals surface area contributed by atoms with Gasteiger partial charge in [0.2, 0.25) is 0 Å². The highest BCUT2D eigenvalue weighted by molar-refractivity contribution is 5.17. The maximum absolute atomic E-state index is 10.2. The van der Waals surface area contributed by atoms with Crippen LogP contribution < -0.4 is 0 Å². The van der Waals surface area contributed by atoms with Gasteiger partial charge >= 0.3 is 0 Å². The zero-order chi connectivity index (χ0) is 12.3. The van der Waals surface area contributed by atoms with E-state index < -0.39 is 6.10 Å². The number of furan rings is 1. The molecule has 0 aliphatic rings. The maximum atomic E-state index is 10.2. The molecule has 17 heavy (non-hydrogen) atoms. The molecule has 0 aromatic carbocycles. The summed E-state index contributed by atoms with van der Waals surface area (Å²) in [6, 6.07) is 3.68. The van der Waals surface area contributed by atoms with Crippen LogP contribution >= 0.6 is 0 Å². The van der Waals surface area contributed by atoms with Crippen LogP contribution in [0.1, 0.15) is 43.6 Å². The average Bonchev–Trinajstić information content (AvgIpc) is 2.97. The summed E-state index contributed by atoms with van der Waals surface area (Å²) < 4.78 is 7.24. The summed E-state index contributed by atoms with van der Waals surface area (Å²) in [5, 5.41) is 18.0. The summed E-state index contributed by atoms with van der Waals surface area (Å²) in [5.74, 6) is 1.41. The number of aromatic nitrogens is 3. The van der Waals surface area contributed by atoms with Crippen LogP contribution in [0.15, 0.2) is 22.7 Å². The third kappa shape index (κ3) is 2.39. The fourth-order valence-corrected chi connectivity index (χ4v) is 1.74. The van der Waals surface area contributed by atoms with Gasteiger partial charge in [0.25, 0.3) is 0 Å². The number of nitrogens with zero attached hydrogens (tertiary/aromatic N) is 3. The van der Waals surface area contributed by atoms with Gasteiger partial charge in [0.1, 0.15) is 11.5 Å². The van der Waals surface area contributed by atoms with Crippen LogP contribution in [0.5, 0.6) is 0 Å². The summed E-state index contributed by atoms with van der Waals surface area (Å²) in [7, 11) is 0. The molecule has 5 nitrogen and oxygen atoms in total. The molecule has 0 aliphatic heterocycles. The molecule has 0 saturated heterocycles. The highest BCUT2D eigenvalue weighted by Gasteiger charge is 2.19. The lowest BCUT2D eigenvalue weighted by Gasteiger charge is -2.09. The van der Waals surface area contributed by atoms with Crippen molar-refractivity contribution in [1.29, 1.82) is 0 Å². The minimum atomic E-state index is -0.795. The Labute approximate surface area is 100 Å². The smallest absolute Gasteiger partial charge is 0.155 e. The normalized spacial score (nSPS) is 12.9. The van der Waals surface area contributed by atoms with E-state index in [1.54, 1.807) is 16.9 Å². The zero-order valence-electron chi connectivity index (χ0n) is 10.1. The van der Waals surface area contributed by atoms with E-state index in [1.807, 2.05) is 13.0 Å². The van der Waals surface area contributed by atoms with Crippen LogP contribution in [0.2, 0.25) is 0 Å². The van der Waals surface area contributed by atoms with Crippen LogP contribution in [-0.4, -0.2) is 20.1 Å².